The molecular formula is C17H37NO7Si3. The number of carbonyl (C=O) groups is 2. The molecule has 0 saturated heterocycles. The number of carboxylic acid groups (broad SMARTS) is 1. The summed E-state index contributed by atoms with van der Waals surface area (Å²) in [5, 5.41) is 9.62. The van der Waals surface area contributed by atoms with Crippen molar-refractivity contribution in [3.63, 3.8) is 0 Å². The van der Waals surface area contributed by atoms with Crippen LogP contribution in [0.4, 0.5) is 4.79 Å². The first-order valence-corrected chi connectivity index (χ1v) is 17.6. The van der Waals surface area contributed by atoms with Gasteiger partial charge < -0.3 is 18.7 Å². The number of amides is 1. The van der Waals surface area contributed by atoms with Gasteiger partial charge in [-0.15, -0.1) is 0 Å². The maximum atomic E-state index is 11.8. The highest BCUT2D eigenvalue weighted by Gasteiger charge is 2.43. The molecule has 0 heterocycles. The van der Waals surface area contributed by atoms with Crippen LogP contribution in [0.25, 0.3) is 0 Å². The van der Waals surface area contributed by atoms with E-state index in [4.69, 9.17) is 18.4 Å². The van der Waals surface area contributed by atoms with E-state index in [1.54, 1.807) is 6.92 Å². The Kier molecular flexibility index (Phi) is 10.9. The van der Waals surface area contributed by atoms with Gasteiger partial charge in [0.15, 0.2) is 22.0 Å². The number of hydroxylamine groups is 1. The number of nitrogens with zero attached hydrogens (tertiary/aromatic N) is 1. The molecule has 0 aliphatic carbocycles. The Balaban J connectivity index is 5.34. The first-order valence-electron chi connectivity index (χ1n) is 9.47. The normalized spacial score (nSPS) is 13.0. The van der Waals surface area contributed by atoms with E-state index >= 15 is 0 Å². The summed E-state index contributed by atoms with van der Waals surface area (Å²) in [5.41, 5.74) is -0.658. The van der Waals surface area contributed by atoms with E-state index < -0.39 is 43.8 Å². The monoisotopic (exact) mass is 451 g/mol. The zero-order valence-corrected chi connectivity index (χ0v) is 22.0. The molecule has 0 aromatic carbocycles. The highest BCUT2D eigenvalue weighted by molar-refractivity contribution is 6.72. The molecule has 0 bridgehead atoms. The summed E-state index contributed by atoms with van der Waals surface area (Å²) >= 11 is 0. The predicted molar refractivity (Wildman–Crippen MR) is 117 cm³/mol. The Morgan fingerprint density at radius 2 is 1.57 bits per heavy atom. The van der Waals surface area contributed by atoms with Crippen molar-refractivity contribution in [3.8, 4) is 0 Å². The van der Waals surface area contributed by atoms with E-state index in [0.29, 0.717) is 6.42 Å². The SMILES string of the molecule is C=C(C)C(=O)OCCON([SiH2]C(CCC)(O[Si](C)(C)C)O[Si](C)(C)C)C(=O)O. The summed E-state index contributed by atoms with van der Waals surface area (Å²) < 4.78 is 18.8. The molecule has 164 valence electrons. The average Bonchev–Trinajstić information content (AvgIpc) is 2.46. The molecule has 0 radical (unpaired) electrons. The number of hydrogen-bond donors (Lipinski definition) is 1. The Bertz CT molecular complexity index is 528. The fourth-order valence-electron chi connectivity index (χ4n) is 2.56. The van der Waals surface area contributed by atoms with Crippen LogP contribution in [0, 0.1) is 0 Å². The third-order valence-corrected chi connectivity index (χ3v) is 7.54. The number of ether oxygens (including phenoxy) is 1. The zero-order chi connectivity index (χ0) is 22.2. The smallest absolute Gasteiger partial charge is 0.422 e. The van der Waals surface area contributed by atoms with Gasteiger partial charge in [-0.05, 0) is 52.6 Å². The van der Waals surface area contributed by atoms with E-state index in [1.807, 2.05) is 6.92 Å². The van der Waals surface area contributed by atoms with Crippen molar-refractivity contribution in [2.45, 2.75) is 71.4 Å². The Morgan fingerprint density at radius 1 is 1.07 bits per heavy atom. The molecular weight excluding hydrogens is 414 g/mol. The van der Waals surface area contributed by atoms with Crippen LogP contribution < -0.4 is 0 Å². The molecule has 1 amide bonds. The van der Waals surface area contributed by atoms with Gasteiger partial charge >= 0.3 is 12.1 Å². The zero-order valence-electron chi connectivity index (χ0n) is 18.6. The molecule has 8 nitrogen and oxygen atoms in total. The minimum atomic E-state index is -2.02. The molecule has 0 aliphatic rings. The van der Waals surface area contributed by atoms with Gasteiger partial charge in [0.1, 0.15) is 13.2 Å². The van der Waals surface area contributed by atoms with Crippen molar-refractivity contribution in [2.75, 3.05) is 13.2 Å². The van der Waals surface area contributed by atoms with Crippen LogP contribution in [0.5, 0.6) is 0 Å². The van der Waals surface area contributed by atoms with E-state index in [-0.39, 0.29) is 18.8 Å². The van der Waals surface area contributed by atoms with Crippen molar-refractivity contribution in [2.24, 2.45) is 0 Å². The molecule has 0 saturated carbocycles. The quantitative estimate of drug-likeness (QED) is 0.115. The van der Waals surface area contributed by atoms with Crippen molar-refractivity contribution in [1.29, 1.82) is 0 Å². The molecule has 11 heteroatoms. The fourth-order valence-corrected chi connectivity index (χ4v) is 9.58. The number of hydrogen-bond acceptors (Lipinski definition) is 6. The second-order valence-corrected chi connectivity index (χ2v) is 19.5. The maximum absolute atomic E-state index is 11.8. The van der Waals surface area contributed by atoms with Crippen LogP contribution in [-0.4, -0.2) is 66.8 Å². The molecule has 0 aromatic heterocycles. The molecule has 0 aliphatic heterocycles. The first-order chi connectivity index (χ1) is 12.6. The van der Waals surface area contributed by atoms with Gasteiger partial charge in [0.2, 0.25) is 9.68 Å². The van der Waals surface area contributed by atoms with E-state index in [0.717, 1.165) is 11.1 Å². The summed E-state index contributed by atoms with van der Waals surface area (Å²) in [6, 6.07) is 0. The molecule has 0 spiro atoms. The molecule has 0 aromatic rings. The van der Waals surface area contributed by atoms with Gasteiger partial charge in [0, 0.05) is 5.57 Å². The fraction of sp³-hybridized carbons (Fsp3) is 0.765. The van der Waals surface area contributed by atoms with Crippen LogP contribution in [0.3, 0.4) is 0 Å². The lowest BCUT2D eigenvalue weighted by Crippen LogP contribution is -2.59. The number of esters is 1. The molecule has 0 unspecified atom stereocenters. The molecule has 0 atom stereocenters. The summed E-state index contributed by atoms with van der Waals surface area (Å²) in [5.74, 6) is -0.535. The maximum Gasteiger partial charge on any atom is 0.422 e. The predicted octanol–water partition coefficient (Wildman–Crippen LogP) is 3.26. The Hall–Kier alpha value is -0.989. The summed E-state index contributed by atoms with van der Waals surface area (Å²) in [7, 11) is -5.71. The van der Waals surface area contributed by atoms with Gasteiger partial charge in [-0.25, -0.2) is 14.3 Å². The topological polar surface area (TPSA) is 94.5 Å². The largest absolute Gasteiger partial charge is 0.464 e. The van der Waals surface area contributed by atoms with Crippen LogP contribution in [0.2, 0.25) is 39.3 Å². The number of carbonyl (C=O) groups excluding carboxylic acids is 1. The van der Waals surface area contributed by atoms with Crippen LogP contribution in [0.1, 0.15) is 26.7 Å². The van der Waals surface area contributed by atoms with E-state index in [2.05, 4.69) is 45.9 Å². The summed E-state index contributed by atoms with van der Waals surface area (Å²) in [6.45, 7) is 19.3. The van der Waals surface area contributed by atoms with Crippen LogP contribution >= 0.6 is 0 Å². The van der Waals surface area contributed by atoms with Crippen molar-refractivity contribution in [3.05, 3.63) is 12.2 Å². The van der Waals surface area contributed by atoms with Gasteiger partial charge in [0.25, 0.3) is 0 Å². The molecule has 28 heavy (non-hydrogen) atoms. The average molecular weight is 452 g/mol. The lowest BCUT2D eigenvalue weighted by Gasteiger charge is -2.44. The molecule has 0 fully saturated rings. The Labute approximate surface area is 173 Å². The lowest BCUT2D eigenvalue weighted by molar-refractivity contribution is -0.146. The van der Waals surface area contributed by atoms with Crippen LogP contribution in [-0.2, 0) is 23.2 Å². The van der Waals surface area contributed by atoms with Crippen molar-refractivity contribution in [1.82, 2.24) is 4.73 Å². The molecule has 0 rings (SSSR count). The van der Waals surface area contributed by atoms with E-state index in [1.165, 1.54) is 0 Å². The third-order valence-electron chi connectivity index (χ3n) is 3.13. The summed E-state index contributed by atoms with van der Waals surface area (Å²) in [4.78, 5) is 28.6. The highest BCUT2D eigenvalue weighted by atomic mass is 28.4. The minimum Gasteiger partial charge on any atom is -0.464 e. The van der Waals surface area contributed by atoms with Gasteiger partial charge in [-0.1, -0.05) is 19.9 Å². The highest BCUT2D eigenvalue weighted by Crippen LogP contribution is 2.29. The summed E-state index contributed by atoms with van der Waals surface area (Å²) in [6.07, 6.45) is 0.203. The standard InChI is InChI=1S/C17H37NO7Si3/c1-10-11-17(24-27(4,5)6,25-28(7,8)9)26-18(16(20)21)23-13-12-22-15(19)14(2)3/h2,10-13,26H2,1,3-9H3,(H,20,21). The van der Waals surface area contributed by atoms with Crippen LogP contribution in [0.15, 0.2) is 12.2 Å². The second kappa shape index (κ2) is 11.3. The van der Waals surface area contributed by atoms with Crippen molar-refractivity contribution < 1.29 is 33.1 Å². The lowest BCUT2D eigenvalue weighted by atomic mass is 10.3. The Morgan fingerprint density at radius 3 is 1.93 bits per heavy atom. The van der Waals surface area contributed by atoms with Gasteiger partial charge in [0.05, 0.1) is 0 Å². The third kappa shape index (κ3) is 11.8. The number of rotatable bonds is 13. The van der Waals surface area contributed by atoms with Gasteiger partial charge in [-0.3, -0.25) is 4.84 Å². The van der Waals surface area contributed by atoms with Gasteiger partial charge in [-0.2, -0.15) is 0 Å². The van der Waals surface area contributed by atoms with Crippen molar-refractivity contribution >= 4 is 38.4 Å². The second-order valence-electron chi connectivity index (χ2n) is 8.66. The van der Waals surface area contributed by atoms with E-state index in [9.17, 15) is 14.7 Å². The minimum absolute atomic E-state index is 0.0611. The first kappa shape index (κ1) is 27.0. The molecule has 1 N–H and O–H groups in total.